The van der Waals surface area contributed by atoms with Crippen LogP contribution in [0.2, 0.25) is 0 Å². The molecule has 2 rings (SSSR count). The van der Waals surface area contributed by atoms with Crippen molar-refractivity contribution in [2.75, 3.05) is 0 Å². The molecule has 0 spiro atoms. The van der Waals surface area contributed by atoms with Gasteiger partial charge in [-0.2, -0.15) is 0 Å². The molecule has 0 atom stereocenters. The van der Waals surface area contributed by atoms with Gasteiger partial charge in [0.1, 0.15) is 11.6 Å². The Bertz CT molecular complexity index is 448. The average Bonchev–Trinajstić information content (AvgIpc) is 2.39. The number of rotatable bonds is 4. The van der Waals surface area contributed by atoms with E-state index in [0.717, 1.165) is 37.8 Å². The van der Waals surface area contributed by atoms with Crippen LogP contribution in [0.4, 0.5) is 8.78 Å². The van der Waals surface area contributed by atoms with Gasteiger partial charge in [0.2, 0.25) is 0 Å². The second kappa shape index (κ2) is 6.27. The fourth-order valence-electron chi connectivity index (χ4n) is 3.03. The topological polar surface area (TPSA) is 17.1 Å². The minimum atomic E-state index is -0.735. The Kier molecular flexibility index (Phi) is 4.67. The van der Waals surface area contributed by atoms with Crippen LogP contribution in [0.5, 0.6) is 0 Å². The fourth-order valence-corrected chi connectivity index (χ4v) is 3.03. The van der Waals surface area contributed by atoms with Gasteiger partial charge in [0.05, 0.1) is 5.56 Å². The first kappa shape index (κ1) is 14.2. The lowest BCUT2D eigenvalue weighted by molar-refractivity contribution is 0.0865. The van der Waals surface area contributed by atoms with E-state index in [9.17, 15) is 13.6 Å². The molecule has 1 aromatic carbocycles. The number of carbonyl (C=O) groups is 1. The normalized spacial score (nSPS) is 23.3. The summed E-state index contributed by atoms with van der Waals surface area (Å²) in [5, 5.41) is 0. The van der Waals surface area contributed by atoms with Crippen molar-refractivity contribution in [1.82, 2.24) is 0 Å². The average molecular weight is 266 g/mol. The second-order valence-corrected chi connectivity index (χ2v) is 5.49. The zero-order chi connectivity index (χ0) is 13.8. The molecule has 1 saturated carbocycles. The van der Waals surface area contributed by atoms with Gasteiger partial charge >= 0.3 is 0 Å². The van der Waals surface area contributed by atoms with Crippen LogP contribution < -0.4 is 0 Å². The van der Waals surface area contributed by atoms with E-state index in [1.54, 1.807) is 0 Å². The lowest BCUT2D eigenvalue weighted by Gasteiger charge is -2.27. The van der Waals surface area contributed by atoms with Crippen molar-refractivity contribution in [2.45, 2.75) is 45.4 Å². The minimum Gasteiger partial charge on any atom is -0.294 e. The number of halogens is 2. The van der Waals surface area contributed by atoms with Crippen LogP contribution in [-0.4, -0.2) is 5.78 Å². The molecule has 0 aromatic heterocycles. The third kappa shape index (κ3) is 3.40. The Hall–Kier alpha value is -1.25. The third-order valence-corrected chi connectivity index (χ3v) is 4.11. The molecule has 0 amide bonds. The highest BCUT2D eigenvalue weighted by Gasteiger charge is 2.28. The Labute approximate surface area is 113 Å². The lowest BCUT2D eigenvalue weighted by Crippen LogP contribution is -2.22. The summed E-state index contributed by atoms with van der Waals surface area (Å²) in [4.78, 5) is 12.2. The highest BCUT2D eigenvalue weighted by atomic mass is 19.1. The molecule has 1 nitrogen and oxygen atoms in total. The molecule has 0 aliphatic heterocycles. The first-order chi connectivity index (χ1) is 9.11. The zero-order valence-electron chi connectivity index (χ0n) is 11.3. The lowest BCUT2D eigenvalue weighted by atomic mass is 9.77. The van der Waals surface area contributed by atoms with Gasteiger partial charge in [0.15, 0.2) is 5.78 Å². The van der Waals surface area contributed by atoms with E-state index < -0.39 is 11.6 Å². The number of hydrogen-bond donors (Lipinski definition) is 0. The van der Waals surface area contributed by atoms with Gasteiger partial charge in [0, 0.05) is 12.0 Å². The molecule has 0 saturated heterocycles. The van der Waals surface area contributed by atoms with Gasteiger partial charge in [-0.1, -0.05) is 19.8 Å². The monoisotopic (exact) mass is 266 g/mol. The van der Waals surface area contributed by atoms with Crippen LogP contribution in [0.15, 0.2) is 18.2 Å². The van der Waals surface area contributed by atoms with Crippen LogP contribution in [0.1, 0.15) is 55.8 Å². The van der Waals surface area contributed by atoms with Crippen molar-refractivity contribution in [2.24, 2.45) is 11.8 Å². The Balaban J connectivity index is 2.01. The number of carbonyl (C=O) groups excluding carboxylic acids is 1. The summed E-state index contributed by atoms with van der Waals surface area (Å²) in [5.41, 5.74) is 0.0420. The maximum absolute atomic E-state index is 13.6. The van der Waals surface area contributed by atoms with Gasteiger partial charge in [0.25, 0.3) is 0 Å². The maximum Gasteiger partial charge on any atom is 0.168 e. The van der Waals surface area contributed by atoms with E-state index >= 15 is 0 Å². The van der Waals surface area contributed by atoms with Gasteiger partial charge in [-0.15, -0.1) is 0 Å². The van der Waals surface area contributed by atoms with Crippen molar-refractivity contribution in [1.29, 1.82) is 0 Å². The molecule has 1 aliphatic carbocycles. The molecule has 104 valence electrons. The largest absolute Gasteiger partial charge is 0.294 e. The van der Waals surface area contributed by atoms with Gasteiger partial charge in [-0.25, -0.2) is 8.78 Å². The molecule has 1 aliphatic rings. The van der Waals surface area contributed by atoms with Crippen LogP contribution in [0.3, 0.4) is 0 Å². The number of benzene rings is 1. The first-order valence-corrected chi connectivity index (χ1v) is 7.11. The zero-order valence-corrected chi connectivity index (χ0v) is 11.3. The highest BCUT2D eigenvalue weighted by Crippen LogP contribution is 2.33. The summed E-state index contributed by atoms with van der Waals surface area (Å²) < 4.78 is 26.4. The molecular weight excluding hydrogens is 246 g/mol. The van der Waals surface area contributed by atoms with E-state index in [0.29, 0.717) is 5.92 Å². The van der Waals surface area contributed by atoms with Crippen LogP contribution >= 0.6 is 0 Å². The van der Waals surface area contributed by atoms with Gasteiger partial charge in [-0.05, 0) is 43.7 Å². The molecule has 1 aromatic rings. The highest BCUT2D eigenvalue weighted by molar-refractivity contribution is 5.98. The number of Topliss-reactive ketones (excluding diaryl/α,β-unsaturated/α-hetero) is 1. The van der Waals surface area contributed by atoms with Crippen molar-refractivity contribution < 1.29 is 13.6 Å². The smallest absolute Gasteiger partial charge is 0.168 e. The van der Waals surface area contributed by atoms with Gasteiger partial charge < -0.3 is 0 Å². The molecule has 0 bridgehead atoms. The molecule has 3 heteroatoms. The standard InChI is InChI=1S/C16H20F2O/c1-2-3-11-4-6-12(7-5-11)16(19)14-9-8-13(17)10-15(14)18/h8-12H,2-7H2,1H3. The van der Waals surface area contributed by atoms with Crippen molar-refractivity contribution in [3.05, 3.63) is 35.4 Å². The molecule has 0 heterocycles. The molecular formula is C16H20F2O. The van der Waals surface area contributed by atoms with E-state index in [4.69, 9.17) is 0 Å². The molecule has 0 unspecified atom stereocenters. The van der Waals surface area contributed by atoms with E-state index in [-0.39, 0.29) is 17.3 Å². The summed E-state index contributed by atoms with van der Waals surface area (Å²) >= 11 is 0. The quantitative estimate of drug-likeness (QED) is 0.718. The minimum absolute atomic E-state index is 0.0420. The maximum atomic E-state index is 13.6. The van der Waals surface area contributed by atoms with Crippen molar-refractivity contribution >= 4 is 5.78 Å². The van der Waals surface area contributed by atoms with E-state index in [1.165, 1.54) is 18.9 Å². The van der Waals surface area contributed by atoms with Crippen LogP contribution in [-0.2, 0) is 0 Å². The Morgan fingerprint density at radius 1 is 1.21 bits per heavy atom. The van der Waals surface area contributed by atoms with Crippen LogP contribution in [0.25, 0.3) is 0 Å². The molecule has 1 fully saturated rings. The third-order valence-electron chi connectivity index (χ3n) is 4.11. The number of ketones is 1. The summed E-state index contributed by atoms with van der Waals surface area (Å²) in [6, 6.07) is 3.21. The molecule has 0 N–H and O–H groups in total. The SMILES string of the molecule is CCCC1CCC(C(=O)c2ccc(F)cc2F)CC1. The Morgan fingerprint density at radius 3 is 2.47 bits per heavy atom. The Morgan fingerprint density at radius 2 is 1.89 bits per heavy atom. The second-order valence-electron chi connectivity index (χ2n) is 5.49. The van der Waals surface area contributed by atoms with Crippen LogP contribution in [0, 0.1) is 23.5 Å². The van der Waals surface area contributed by atoms with Crippen molar-refractivity contribution in [3.8, 4) is 0 Å². The fraction of sp³-hybridized carbons (Fsp3) is 0.562. The van der Waals surface area contributed by atoms with Crippen molar-refractivity contribution in [3.63, 3.8) is 0 Å². The van der Waals surface area contributed by atoms with E-state index in [2.05, 4.69) is 6.92 Å². The summed E-state index contributed by atoms with van der Waals surface area (Å²) in [5.74, 6) is -0.908. The van der Waals surface area contributed by atoms with E-state index in [1.807, 2.05) is 0 Å². The van der Waals surface area contributed by atoms with Gasteiger partial charge in [-0.3, -0.25) is 4.79 Å². The molecule has 0 radical (unpaired) electrons. The predicted octanol–water partition coefficient (Wildman–Crippen LogP) is 4.75. The predicted molar refractivity (Wildman–Crippen MR) is 71.0 cm³/mol. The first-order valence-electron chi connectivity index (χ1n) is 7.11. The summed E-state index contributed by atoms with van der Waals surface area (Å²) in [6.45, 7) is 2.17. The summed E-state index contributed by atoms with van der Waals surface area (Å²) in [6.07, 6.45) is 6.16. The summed E-state index contributed by atoms with van der Waals surface area (Å²) in [7, 11) is 0. The number of hydrogen-bond acceptors (Lipinski definition) is 1. The molecule has 19 heavy (non-hydrogen) atoms.